The smallest absolute Gasteiger partial charge is 0.234 e. The van der Waals surface area contributed by atoms with Crippen LogP contribution in [0.5, 0.6) is 0 Å². The minimum absolute atomic E-state index is 0.0466. The zero-order valence-corrected chi connectivity index (χ0v) is 20.4. The fourth-order valence-electron chi connectivity index (χ4n) is 3.19. The number of rotatable bonds is 12. The molecule has 2 rings (SSSR count). The predicted octanol–water partition coefficient (Wildman–Crippen LogP) is 4.04. The topological polar surface area (TPSA) is 95.2 Å². The fraction of sp³-hybridized carbons (Fsp3) is 0.700. The van der Waals surface area contributed by atoms with Crippen LogP contribution in [0.3, 0.4) is 0 Å². The molecule has 1 fully saturated rings. The minimum Gasteiger partial charge on any atom is -0.376 e. The van der Waals surface area contributed by atoms with Crippen molar-refractivity contribution in [3.63, 3.8) is 0 Å². The maximum Gasteiger partial charge on any atom is 0.234 e. The highest BCUT2D eigenvalue weighted by Gasteiger charge is 2.28. The van der Waals surface area contributed by atoms with E-state index in [2.05, 4.69) is 43.3 Å². The number of allylic oxidation sites excluding steroid dienone is 1. The molecule has 3 unspecified atom stereocenters. The summed E-state index contributed by atoms with van der Waals surface area (Å²) in [5, 5.41) is 9.32. The summed E-state index contributed by atoms with van der Waals surface area (Å²) in [7, 11) is 3.30. The molecule has 11 heteroatoms. The maximum absolute atomic E-state index is 5.97. The summed E-state index contributed by atoms with van der Waals surface area (Å²) in [6, 6.07) is 0.265. The summed E-state index contributed by atoms with van der Waals surface area (Å²) in [6.45, 7) is 8.03. The molecule has 174 valence electrons. The molecular formula is C20H33ClN6O3S. The van der Waals surface area contributed by atoms with Crippen LogP contribution >= 0.6 is 23.5 Å². The molecule has 31 heavy (non-hydrogen) atoms. The van der Waals surface area contributed by atoms with E-state index in [1.54, 1.807) is 20.4 Å². The van der Waals surface area contributed by atoms with Crippen molar-refractivity contribution in [2.75, 3.05) is 38.7 Å². The van der Waals surface area contributed by atoms with Gasteiger partial charge in [-0.05, 0) is 31.7 Å². The summed E-state index contributed by atoms with van der Waals surface area (Å²) >= 11 is 7.47. The molecule has 0 bridgehead atoms. The number of halogens is 1. The minimum atomic E-state index is -0.226. The highest BCUT2D eigenvalue weighted by molar-refractivity contribution is 8.01. The van der Waals surface area contributed by atoms with Gasteiger partial charge >= 0.3 is 0 Å². The van der Waals surface area contributed by atoms with Gasteiger partial charge in [-0.3, -0.25) is 19.3 Å². The number of hydrogen-bond donors (Lipinski definition) is 1. The first-order chi connectivity index (χ1) is 15.0. The maximum atomic E-state index is 5.97. The van der Waals surface area contributed by atoms with E-state index >= 15 is 0 Å². The van der Waals surface area contributed by atoms with Gasteiger partial charge in [0.25, 0.3) is 0 Å². The van der Waals surface area contributed by atoms with E-state index in [9.17, 15) is 0 Å². The molecule has 1 saturated heterocycles. The standard InChI is InChI=1S/C20H33ClN6O3S/c1-6-16(7-2)27-19(18-13-29-8-9-30-18)24-25-20(27)26-31-14(3)17(28-5)12-23-11-15(21)10-22-4/h10-12,14,16-18H,6-9,13H2,1-5H3,(H,25,26)/b15-11+,22-10-,23-12+. The lowest BCUT2D eigenvalue weighted by molar-refractivity contribution is -0.0951. The summed E-state index contributed by atoms with van der Waals surface area (Å²) in [5.41, 5.74) is 0. The largest absolute Gasteiger partial charge is 0.376 e. The number of hydrogen-bond acceptors (Lipinski definition) is 9. The second kappa shape index (κ2) is 13.8. The van der Waals surface area contributed by atoms with E-state index in [1.165, 1.54) is 24.4 Å². The van der Waals surface area contributed by atoms with Crippen LogP contribution < -0.4 is 4.72 Å². The lowest BCUT2D eigenvalue weighted by atomic mass is 10.1. The second-order valence-corrected chi connectivity index (χ2v) is 8.60. The number of anilines is 1. The van der Waals surface area contributed by atoms with Gasteiger partial charge in [-0.25, -0.2) is 0 Å². The lowest BCUT2D eigenvalue weighted by Crippen LogP contribution is -2.27. The van der Waals surface area contributed by atoms with Gasteiger partial charge in [0, 0.05) is 38.8 Å². The Balaban J connectivity index is 2.11. The van der Waals surface area contributed by atoms with Gasteiger partial charge in [0.1, 0.15) is 12.2 Å². The van der Waals surface area contributed by atoms with E-state index < -0.39 is 0 Å². The van der Waals surface area contributed by atoms with Crippen LogP contribution in [0.25, 0.3) is 0 Å². The molecule has 1 aliphatic heterocycles. The molecule has 1 aromatic rings. The predicted molar refractivity (Wildman–Crippen MR) is 127 cm³/mol. The quantitative estimate of drug-likeness (QED) is 0.362. The molecule has 0 aromatic carbocycles. The van der Waals surface area contributed by atoms with E-state index in [0.29, 0.717) is 30.8 Å². The van der Waals surface area contributed by atoms with Crippen LogP contribution in [-0.2, 0) is 14.2 Å². The van der Waals surface area contributed by atoms with Crippen LogP contribution in [0.2, 0.25) is 0 Å². The van der Waals surface area contributed by atoms with Crippen molar-refractivity contribution in [1.29, 1.82) is 0 Å². The summed E-state index contributed by atoms with van der Waals surface area (Å²) < 4.78 is 22.5. The molecule has 0 spiro atoms. The number of aliphatic imine (C=N–C) groups is 2. The van der Waals surface area contributed by atoms with Gasteiger partial charge in [0.15, 0.2) is 5.82 Å². The van der Waals surface area contributed by atoms with Crippen molar-refractivity contribution in [1.82, 2.24) is 14.8 Å². The van der Waals surface area contributed by atoms with Crippen molar-refractivity contribution in [3.8, 4) is 0 Å². The first-order valence-corrected chi connectivity index (χ1v) is 11.7. The summed E-state index contributed by atoms with van der Waals surface area (Å²) in [6.07, 6.45) is 6.28. The van der Waals surface area contributed by atoms with Crippen molar-refractivity contribution in [2.45, 2.75) is 57.1 Å². The van der Waals surface area contributed by atoms with Crippen LogP contribution in [0.4, 0.5) is 5.95 Å². The Bertz CT molecular complexity index is 747. The fourth-order valence-corrected chi connectivity index (χ4v) is 4.09. The van der Waals surface area contributed by atoms with Crippen molar-refractivity contribution in [3.05, 3.63) is 17.1 Å². The third-order valence-corrected chi connectivity index (χ3v) is 6.02. The molecule has 0 amide bonds. The average Bonchev–Trinajstić information content (AvgIpc) is 3.20. The molecule has 1 aromatic heterocycles. The second-order valence-electron chi connectivity index (χ2n) is 6.98. The third-order valence-electron chi connectivity index (χ3n) is 4.89. The molecule has 2 heterocycles. The van der Waals surface area contributed by atoms with Gasteiger partial charge in [-0.1, -0.05) is 25.4 Å². The molecule has 0 aliphatic carbocycles. The molecule has 9 nitrogen and oxygen atoms in total. The molecule has 3 atom stereocenters. The Kier molecular flexibility index (Phi) is 11.5. The Morgan fingerprint density at radius 1 is 1.39 bits per heavy atom. The normalized spacial score (nSPS) is 20.1. The number of methoxy groups -OCH3 is 1. The Morgan fingerprint density at radius 3 is 2.77 bits per heavy atom. The van der Waals surface area contributed by atoms with E-state index in [1.807, 2.05) is 6.92 Å². The number of ether oxygens (including phenoxy) is 3. The first-order valence-electron chi connectivity index (χ1n) is 10.4. The molecule has 0 radical (unpaired) electrons. The molecular weight excluding hydrogens is 440 g/mol. The van der Waals surface area contributed by atoms with Crippen LogP contribution in [-0.4, -0.2) is 72.5 Å². The Labute approximate surface area is 193 Å². The van der Waals surface area contributed by atoms with Crippen LogP contribution in [0.15, 0.2) is 21.2 Å². The Hall–Kier alpha value is -1.46. The van der Waals surface area contributed by atoms with Crippen molar-refractivity contribution in [2.24, 2.45) is 9.98 Å². The van der Waals surface area contributed by atoms with E-state index in [0.717, 1.165) is 18.7 Å². The van der Waals surface area contributed by atoms with Crippen molar-refractivity contribution >= 4 is 41.9 Å². The van der Waals surface area contributed by atoms with Gasteiger partial charge < -0.3 is 14.2 Å². The van der Waals surface area contributed by atoms with Gasteiger partial charge in [0.2, 0.25) is 5.95 Å². The van der Waals surface area contributed by atoms with Gasteiger partial charge in [0.05, 0.1) is 30.1 Å². The van der Waals surface area contributed by atoms with Crippen molar-refractivity contribution < 1.29 is 14.2 Å². The molecule has 0 saturated carbocycles. The highest BCUT2D eigenvalue weighted by Crippen LogP contribution is 2.30. The van der Waals surface area contributed by atoms with E-state index in [-0.39, 0.29) is 23.5 Å². The molecule has 1 N–H and O–H groups in total. The van der Waals surface area contributed by atoms with Gasteiger partial charge in [-0.15, -0.1) is 10.2 Å². The van der Waals surface area contributed by atoms with Gasteiger partial charge in [-0.2, -0.15) is 0 Å². The van der Waals surface area contributed by atoms with Crippen LogP contribution in [0.1, 0.15) is 51.6 Å². The zero-order chi connectivity index (χ0) is 22.6. The monoisotopic (exact) mass is 472 g/mol. The number of nitrogens with zero attached hydrogens (tertiary/aromatic N) is 5. The van der Waals surface area contributed by atoms with Crippen LogP contribution in [0, 0.1) is 0 Å². The first kappa shape index (κ1) is 25.8. The van der Waals surface area contributed by atoms with E-state index in [4.69, 9.17) is 25.8 Å². The molecule has 1 aliphatic rings. The lowest BCUT2D eigenvalue weighted by Gasteiger charge is -2.26. The third kappa shape index (κ3) is 7.57. The Morgan fingerprint density at radius 2 is 2.16 bits per heavy atom. The number of aromatic nitrogens is 3. The SMILES string of the molecule is CCC(CC)n1c(NSC(C)C(/C=N/C=C(Cl)\C=N/C)OC)nnc1C1COCCO1. The number of nitrogens with one attached hydrogen (secondary N) is 1. The summed E-state index contributed by atoms with van der Waals surface area (Å²) in [5.74, 6) is 1.50. The summed E-state index contributed by atoms with van der Waals surface area (Å²) in [4.78, 5) is 8.08. The average molecular weight is 473 g/mol. The highest BCUT2D eigenvalue weighted by atomic mass is 35.5. The zero-order valence-electron chi connectivity index (χ0n) is 18.8.